The lowest BCUT2D eigenvalue weighted by Crippen LogP contribution is -2.32. The topological polar surface area (TPSA) is 56.7 Å². The van der Waals surface area contributed by atoms with Crippen molar-refractivity contribution in [2.75, 3.05) is 0 Å². The van der Waals surface area contributed by atoms with E-state index in [0.29, 0.717) is 0 Å². The van der Waals surface area contributed by atoms with E-state index in [-0.39, 0.29) is 5.54 Å². The van der Waals surface area contributed by atoms with Gasteiger partial charge in [-0.15, -0.1) is 0 Å². The molecule has 3 rings (SSSR count). The van der Waals surface area contributed by atoms with E-state index in [1.54, 1.807) is 17.2 Å². The van der Waals surface area contributed by atoms with E-state index in [4.69, 9.17) is 5.73 Å². The molecular weight excluding hydrogens is 212 g/mol. The van der Waals surface area contributed by atoms with Gasteiger partial charge in [0.25, 0.3) is 0 Å². The smallest absolute Gasteiger partial charge is 0.0856 e. The van der Waals surface area contributed by atoms with Crippen LogP contribution in [0.2, 0.25) is 0 Å². The first kappa shape index (κ1) is 10.5. The molecule has 0 unspecified atom stereocenters. The number of hydrogen-bond acceptors (Lipinski definition) is 3. The zero-order valence-electron chi connectivity index (χ0n) is 9.71. The van der Waals surface area contributed by atoms with E-state index in [1.165, 1.54) is 18.4 Å². The fraction of sp³-hybridized carbons (Fsp3) is 0.385. The minimum atomic E-state index is -0.115. The van der Waals surface area contributed by atoms with E-state index in [0.717, 1.165) is 18.5 Å². The minimum Gasteiger partial charge on any atom is -0.321 e. The normalized spacial score (nSPS) is 18.4. The van der Waals surface area contributed by atoms with Crippen LogP contribution in [0.25, 0.3) is 5.69 Å². The molecule has 88 valence electrons. The summed E-state index contributed by atoms with van der Waals surface area (Å²) in [6, 6.07) is 8.26. The molecule has 1 aliphatic carbocycles. The van der Waals surface area contributed by atoms with Gasteiger partial charge < -0.3 is 5.73 Å². The Morgan fingerprint density at radius 2 is 1.59 bits per heavy atom. The van der Waals surface area contributed by atoms with E-state index in [9.17, 15) is 0 Å². The number of rotatable bonds is 2. The van der Waals surface area contributed by atoms with Gasteiger partial charge >= 0.3 is 0 Å². The molecule has 0 aliphatic heterocycles. The maximum atomic E-state index is 6.41. The Morgan fingerprint density at radius 1 is 1.00 bits per heavy atom. The van der Waals surface area contributed by atoms with E-state index >= 15 is 0 Å². The average molecular weight is 228 g/mol. The van der Waals surface area contributed by atoms with Crippen molar-refractivity contribution in [2.24, 2.45) is 5.73 Å². The fourth-order valence-electron chi connectivity index (χ4n) is 2.57. The lowest BCUT2D eigenvalue weighted by molar-refractivity contribution is 0.461. The quantitative estimate of drug-likeness (QED) is 0.855. The maximum Gasteiger partial charge on any atom is 0.0856 e. The number of hydrogen-bond donors (Lipinski definition) is 1. The maximum absolute atomic E-state index is 6.41. The zero-order chi connectivity index (χ0) is 11.7. The van der Waals surface area contributed by atoms with Crippen molar-refractivity contribution in [2.45, 2.75) is 31.2 Å². The summed E-state index contributed by atoms with van der Waals surface area (Å²) in [4.78, 5) is 1.61. The monoisotopic (exact) mass is 228 g/mol. The third kappa shape index (κ3) is 1.85. The van der Waals surface area contributed by atoms with Gasteiger partial charge in [-0.25, -0.2) is 0 Å². The van der Waals surface area contributed by atoms with Crippen LogP contribution in [-0.4, -0.2) is 15.0 Å². The number of nitrogens with two attached hydrogens (primary N) is 1. The Hall–Kier alpha value is -1.68. The van der Waals surface area contributed by atoms with E-state index in [1.807, 2.05) is 12.1 Å². The highest BCUT2D eigenvalue weighted by Crippen LogP contribution is 2.36. The zero-order valence-corrected chi connectivity index (χ0v) is 9.71. The first-order valence-corrected chi connectivity index (χ1v) is 6.04. The highest BCUT2D eigenvalue weighted by Gasteiger charge is 2.30. The molecule has 1 heterocycles. The summed E-state index contributed by atoms with van der Waals surface area (Å²) in [5.41, 5.74) is 8.50. The lowest BCUT2D eigenvalue weighted by Gasteiger charge is -2.24. The van der Waals surface area contributed by atoms with Crippen molar-refractivity contribution in [1.29, 1.82) is 0 Å². The summed E-state index contributed by atoms with van der Waals surface area (Å²) in [7, 11) is 0. The molecular formula is C13H16N4. The molecule has 2 aromatic rings. The van der Waals surface area contributed by atoms with Crippen molar-refractivity contribution in [3.05, 3.63) is 42.2 Å². The van der Waals surface area contributed by atoms with Crippen molar-refractivity contribution in [1.82, 2.24) is 15.0 Å². The number of aromatic nitrogens is 3. The van der Waals surface area contributed by atoms with Crippen molar-refractivity contribution in [3.63, 3.8) is 0 Å². The summed E-state index contributed by atoms with van der Waals surface area (Å²) < 4.78 is 0. The molecule has 1 aromatic heterocycles. The molecule has 1 saturated carbocycles. The van der Waals surface area contributed by atoms with Crippen LogP contribution in [0.5, 0.6) is 0 Å². The van der Waals surface area contributed by atoms with Crippen LogP contribution in [0.1, 0.15) is 31.2 Å². The van der Waals surface area contributed by atoms with Gasteiger partial charge in [0, 0.05) is 5.54 Å². The lowest BCUT2D eigenvalue weighted by atomic mass is 9.89. The molecule has 0 bridgehead atoms. The standard InChI is InChI=1S/C13H16N4/c14-13(7-1-2-8-13)11-3-5-12(6-4-11)17-15-9-10-16-17/h3-6,9-10H,1-2,7-8,14H2. The Labute approximate surface area is 100 Å². The van der Waals surface area contributed by atoms with Crippen LogP contribution in [0.15, 0.2) is 36.7 Å². The van der Waals surface area contributed by atoms with Crippen LogP contribution in [0, 0.1) is 0 Å². The van der Waals surface area contributed by atoms with E-state index < -0.39 is 0 Å². The summed E-state index contributed by atoms with van der Waals surface area (Å²) in [6.45, 7) is 0. The molecule has 0 atom stereocenters. The molecule has 17 heavy (non-hydrogen) atoms. The second-order valence-electron chi connectivity index (χ2n) is 4.73. The van der Waals surface area contributed by atoms with Crippen LogP contribution in [0.3, 0.4) is 0 Å². The molecule has 1 aliphatic rings. The Bertz CT molecular complexity index is 481. The Balaban J connectivity index is 1.90. The van der Waals surface area contributed by atoms with Gasteiger partial charge in [0.15, 0.2) is 0 Å². The fourth-order valence-corrected chi connectivity index (χ4v) is 2.57. The van der Waals surface area contributed by atoms with Crippen molar-refractivity contribution < 1.29 is 0 Å². The van der Waals surface area contributed by atoms with Gasteiger partial charge in [0.1, 0.15) is 0 Å². The largest absolute Gasteiger partial charge is 0.321 e. The number of benzene rings is 1. The van der Waals surface area contributed by atoms with Crippen LogP contribution >= 0.6 is 0 Å². The molecule has 2 N–H and O–H groups in total. The van der Waals surface area contributed by atoms with Gasteiger partial charge in [-0.3, -0.25) is 0 Å². The van der Waals surface area contributed by atoms with Gasteiger partial charge in [-0.1, -0.05) is 25.0 Å². The average Bonchev–Trinajstić information content (AvgIpc) is 3.01. The predicted molar refractivity (Wildman–Crippen MR) is 65.7 cm³/mol. The summed E-state index contributed by atoms with van der Waals surface area (Å²) in [5.74, 6) is 0. The molecule has 1 fully saturated rings. The summed E-state index contributed by atoms with van der Waals surface area (Å²) in [5, 5.41) is 8.21. The SMILES string of the molecule is NC1(c2ccc(-n3nccn3)cc2)CCCC1. The molecule has 0 amide bonds. The Kier molecular flexibility index (Phi) is 2.44. The summed E-state index contributed by atoms with van der Waals surface area (Å²) >= 11 is 0. The molecule has 0 radical (unpaired) electrons. The third-order valence-corrected chi connectivity index (χ3v) is 3.59. The highest BCUT2D eigenvalue weighted by atomic mass is 15.5. The van der Waals surface area contributed by atoms with Crippen molar-refractivity contribution >= 4 is 0 Å². The summed E-state index contributed by atoms with van der Waals surface area (Å²) in [6.07, 6.45) is 8.00. The highest BCUT2D eigenvalue weighted by molar-refractivity contribution is 5.36. The Morgan fingerprint density at radius 3 is 2.18 bits per heavy atom. The van der Waals surface area contributed by atoms with Gasteiger partial charge in [-0.05, 0) is 30.5 Å². The van der Waals surface area contributed by atoms with Crippen LogP contribution < -0.4 is 5.73 Å². The van der Waals surface area contributed by atoms with Gasteiger partial charge in [0.2, 0.25) is 0 Å². The van der Waals surface area contributed by atoms with E-state index in [2.05, 4.69) is 22.3 Å². The van der Waals surface area contributed by atoms with Crippen LogP contribution in [0.4, 0.5) is 0 Å². The number of nitrogens with zero attached hydrogens (tertiary/aromatic N) is 3. The third-order valence-electron chi connectivity index (χ3n) is 3.59. The molecule has 0 saturated heterocycles. The second kappa shape index (κ2) is 3.96. The van der Waals surface area contributed by atoms with Crippen LogP contribution in [-0.2, 0) is 5.54 Å². The predicted octanol–water partition coefficient (Wildman–Crippen LogP) is 2.00. The van der Waals surface area contributed by atoms with Crippen molar-refractivity contribution in [3.8, 4) is 5.69 Å². The second-order valence-corrected chi connectivity index (χ2v) is 4.73. The van der Waals surface area contributed by atoms with Gasteiger partial charge in [-0.2, -0.15) is 15.0 Å². The molecule has 0 spiro atoms. The molecule has 1 aromatic carbocycles. The first-order chi connectivity index (χ1) is 8.28. The van der Waals surface area contributed by atoms with Gasteiger partial charge in [0.05, 0.1) is 18.1 Å². The minimum absolute atomic E-state index is 0.115. The first-order valence-electron chi connectivity index (χ1n) is 6.04. The molecule has 4 heteroatoms. The molecule has 4 nitrogen and oxygen atoms in total.